The van der Waals surface area contributed by atoms with Crippen molar-refractivity contribution >= 4 is 41.0 Å². The molecule has 0 spiro atoms. The summed E-state index contributed by atoms with van der Waals surface area (Å²) in [4.78, 5) is 61.4. The second-order valence-electron chi connectivity index (χ2n) is 10.7. The highest BCUT2D eigenvalue weighted by atomic mass is 32.2. The normalized spacial score (nSPS) is 24.5. The molecule has 4 unspecified atom stereocenters. The fourth-order valence-corrected chi connectivity index (χ4v) is 6.41. The van der Waals surface area contributed by atoms with Gasteiger partial charge in [0.05, 0.1) is 23.9 Å². The summed E-state index contributed by atoms with van der Waals surface area (Å²) in [5.41, 5.74) is 0. The number of aliphatic hydroxyl groups is 1. The largest absolute Gasteiger partial charge is 0.460 e. The zero-order chi connectivity index (χ0) is 29.5. The van der Waals surface area contributed by atoms with Crippen LogP contribution < -0.4 is 5.32 Å². The minimum Gasteiger partial charge on any atom is -0.460 e. The van der Waals surface area contributed by atoms with E-state index in [1.54, 1.807) is 0 Å². The monoisotopic (exact) mass is 585 g/mol. The van der Waals surface area contributed by atoms with Crippen LogP contribution in [0, 0.1) is 17.8 Å². The Morgan fingerprint density at radius 3 is 2.45 bits per heavy atom. The van der Waals surface area contributed by atoms with Crippen molar-refractivity contribution in [2.45, 2.75) is 102 Å². The smallest absolute Gasteiger partial charge is 0.305 e. The summed E-state index contributed by atoms with van der Waals surface area (Å²) >= 11 is 1.42. The Bertz CT molecular complexity index is 839. The molecular weight excluding hydrogens is 538 g/mol. The highest BCUT2D eigenvalue weighted by molar-refractivity contribution is 8.00. The first kappa shape index (κ1) is 34.4. The van der Waals surface area contributed by atoms with Crippen molar-refractivity contribution in [3.63, 3.8) is 0 Å². The van der Waals surface area contributed by atoms with Gasteiger partial charge in [-0.25, -0.2) is 0 Å². The topological polar surface area (TPSA) is 145 Å². The molecule has 10 nitrogen and oxygen atoms in total. The van der Waals surface area contributed by atoms with Gasteiger partial charge in [0, 0.05) is 51.0 Å². The number of hydrogen-bond acceptors (Lipinski definition) is 10. The number of aliphatic hydroxyl groups excluding tert-OH is 1. The third-order valence-corrected chi connectivity index (χ3v) is 9.07. The van der Waals surface area contributed by atoms with Crippen LogP contribution in [0.2, 0.25) is 0 Å². The fraction of sp³-hybridized carbons (Fsp3) is 0.828. The Hall–Kier alpha value is -1.82. The molecule has 40 heavy (non-hydrogen) atoms. The van der Waals surface area contributed by atoms with Gasteiger partial charge in [-0.2, -0.15) is 0 Å². The lowest BCUT2D eigenvalue weighted by Gasteiger charge is -2.28. The van der Waals surface area contributed by atoms with Gasteiger partial charge in [-0.3, -0.25) is 24.0 Å². The molecule has 0 radical (unpaired) electrons. The zero-order valence-corrected chi connectivity index (χ0v) is 25.0. The van der Waals surface area contributed by atoms with E-state index < -0.39 is 24.3 Å². The number of esters is 1. The SMILES string of the molecule is CCC(=O)C1CCC(CC2C(=O)CC(SCCNC(=O)CCCC(=O)OCC(OC)OC(CC)CO)C2=O)CC1. The van der Waals surface area contributed by atoms with Gasteiger partial charge < -0.3 is 24.6 Å². The summed E-state index contributed by atoms with van der Waals surface area (Å²) < 4.78 is 15.7. The summed E-state index contributed by atoms with van der Waals surface area (Å²) in [5, 5.41) is 11.6. The van der Waals surface area contributed by atoms with E-state index in [9.17, 15) is 29.1 Å². The number of hydrogen-bond donors (Lipinski definition) is 2. The second kappa shape index (κ2) is 18.6. The minimum atomic E-state index is -0.767. The summed E-state index contributed by atoms with van der Waals surface area (Å²) in [7, 11) is 1.43. The number of Topliss-reactive ketones (excluding diaryl/α,β-unsaturated/α-hetero) is 3. The molecule has 228 valence electrons. The van der Waals surface area contributed by atoms with E-state index in [0.29, 0.717) is 49.7 Å². The zero-order valence-electron chi connectivity index (χ0n) is 24.2. The average molecular weight is 586 g/mol. The molecular formula is C29H47NO9S. The maximum Gasteiger partial charge on any atom is 0.305 e. The molecule has 0 aliphatic heterocycles. The van der Waals surface area contributed by atoms with E-state index in [-0.39, 0.29) is 61.1 Å². The molecule has 0 saturated heterocycles. The van der Waals surface area contributed by atoms with E-state index in [0.717, 1.165) is 25.7 Å². The van der Waals surface area contributed by atoms with E-state index in [1.807, 2.05) is 13.8 Å². The van der Waals surface area contributed by atoms with Crippen LogP contribution in [0.5, 0.6) is 0 Å². The van der Waals surface area contributed by atoms with E-state index in [2.05, 4.69) is 5.32 Å². The molecule has 2 fully saturated rings. The number of ether oxygens (including phenoxy) is 3. The molecule has 0 bridgehead atoms. The highest BCUT2D eigenvalue weighted by Crippen LogP contribution is 2.38. The van der Waals surface area contributed by atoms with Gasteiger partial charge >= 0.3 is 5.97 Å². The molecule has 2 rings (SSSR count). The summed E-state index contributed by atoms with van der Waals surface area (Å²) in [5.74, 6) is 0.165. The predicted octanol–water partition coefficient (Wildman–Crippen LogP) is 3.01. The number of methoxy groups -OCH3 is 1. The molecule has 0 aromatic rings. The molecule has 2 aliphatic rings. The summed E-state index contributed by atoms with van der Waals surface area (Å²) in [6.07, 6.45) is 4.96. The van der Waals surface area contributed by atoms with Crippen LogP contribution in [-0.4, -0.2) is 84.6 Å². The number of rotatable bonds is 19. The van der Waals surface area contributed by atoms with Crippen molar-refractivity contribution in [3.05, 3.63) is 0 Å². The van der Waals surface area contributed by atoms with Gasteiger partial charge in [-0.1, -0.05) is 13.8 Å². The standard InChI is InChI=1S/C29H47NO9S/c1-4-21(17-31)39-28(37-3)18-38-27(35)8-6-7-26(34)30-13-14-40-25-16-24(33)22(29(25)36)15-19-9-11-20(12-10-19)23(32)5-2/h19-22,25,28,31H,4-18H2,1-3H3,(H,30,34). The molecule has 0 heterocycles. The van der Waals surface area contributed by atoms with Crippen molar-refractivity contribution < 1.29 is 43.3 Å². The Labute approximate surface area is 242 Å². The van der Waals surface area contributed by atoms with E-state index in [4.69, 9.17) is 14.2 Å². The number of carbonyl (C=O) groups is 5. The van der Waals surface area contributed by atoms with Gasteiger partial charge in [0.2, 0.25) is 5.91 Å². The third-order valence-electron chi connectivity index (χ3n) is 7.83. The molecule has 2 saturated carbocycles. The molecule has 0 aromatic heterocycles. The molecule has 11 heteroatoms. The van der Waals surface area contributed by atoms with Crippen LogP contribution in [0.25, 0.3) is 0 Å². The molecule has 4 atom stereocenters. The van der Waals surface area contributed by atoms with Crippen LogP contribution in [0.4, 0.5) is 0 Å². The van der Waals surface area contributed by atoms with E-state index >= 15 is 0 Å². The summed E-state index contributed by atoms with van der Waals surface area (Å²) in [6.45, 7) is 3.88. The highest BCUT2D eigenvalue weighted by Gasteiger charge is 2.42. The van der Waals surface area contributed by atoms with Gasteiger partial charge in [0.25, 0.3) is 0 Å². The number of amides is 1. The second-order valence-corrected chi connectivity index (χ2v) is 12.0. The van der Waals surface area contributed by atoms with Gasteiger partial charge in [-0.15, -0.1) is 11.8 Å². The molecule has 2 N–H and O–H groups in total. The van der Waals surface area contributed by atoms with Crippen LogP contribution in [0.3, 0.4) is 0 Å². The Balaban J connectivity index is 1.57. The van der Waals surface area contributed by atoms with Crippen LogP contribution >= 0.6 is 11.8 Å². The first-order chi connectivity index (χ1) is 19.2. The van der Waals surface area contributed by atoms with Crippen molar-refractivity contribution in [2.75, 3.05) is 32.6 Å². The minimum absolute atomic E-state index is 0.00860. The van der Waals surface area contributed by atoms with Crippen LogP contribution in [0.1, 0.15) is 84.5 Å². The number of ketones is 3. The average Bonchev–Trinajstić information content (AvgIpc) is 3.22. The van der Waals surface area contributed by atoms with Crippen molar-refractivity contribution in [1.29, 1.82) is 0 Å². The fourth-order valence-electron chi connectivity index (χ4n) is 5.29. The maximum absolute atomic E-state index is 12.9. The lowest BCUT2D eigenvalue weighted by atomic mass is 9.76. The quantitative estimate of drug-likeness (QED) is 0.100. The lowest BCUT2D eigenvalue weighted by molar-refractivity contribution is -0.194. The van der Waals surface area contributed by atoms with Crippen LogP contribution in [0.15, 0.2) is 0 Å². The van der Waals surface area contributed by atoms with Gasteiger partial charge in [-0.05, 0) is 50.9 Å². The molecule has 0 aromatic carbocycles. The molecule has 2 aliphatic carbocycles. The Kier molecular flexibility index (Phi) is 16.0. The number of carbonyl (C=O) groups excluding carboxylic acids is 5. The van der Waals surface area contributed by atoms with E-state index in [1.165, 1.54) is 18.9 Å². The third kappa shape index (κ3) is 11.6. The van der Waals surface area contributed by atoms with Crippen LogP contribution in [-0.2, 0) is 38.2 Å². The number of nitrogens with one attached hydrogen (secondary N) is 1. The van der Waals surface area contributed by atoms with Crippen molar-refractivity contribution in [2.24, 2.45) is 17.8 Å². The first-order valence-electron chi connectivity index (χ1n) is 14.6. The van der Waals surface area contributed by atoms with Gasteiger partial charge in [0.1, 0.15) is 18.2 Å². The Morgan fingerprint density at radius 2 is 1.82 bits per heavy atom. The number of thioether (sulfide) groups is 1. The summed E-state index contributed by atoms with van der Waals surface area (Å²) in [6, 6.07) is 0. The van der Waals surface area contributed by atoms with Gasteiger partial charge in [0.15, 0.2) is 12.1 Å². The van der Waals surface area contributed by atoms with Crippen molar-refractivity contribution in [1.82, 2.24) is 5.32 Å². The first-order valence-corrected chi connectivity index (χ1v) is 15.7. The molecule has 1 amide bonds. The lowest BCUT2D eigenvalue weighted by Crippen LogP contribution is -2.30. The predicted molar refractivity (Wildman–Crippen MR) is 151 cm³/mol. The maximum atomic E-state index is 12.9. The Morgan fingerprint density at radius 1 is 1.10 bits per heavy atom. The van der Waals surface area contributed by atoms with Crippen molar-refractivity contribution in [3.8, 4) is 0 Å².